The summed E-state index contributed by atoms with van der Waals surface area (Å²) in [5.74, 6) is -2.01. The fraction of sp³-hybridized carbons (Fsp3) is 0.125. The maximum Gasteiger partial charge on any atom is 0.387 e. The van der Waals surface area contributed by atoms with E-state index < -0.39 is 25.1 Å². The number of halogens is 4. The average Bonchev–Trinajstić information content (AvgIpc) is 2.56. The van der Waals surface area contributed by atoms with E-state index in [1.807, 2.05) is 0 Å². The molecular weight excluding hydrogens is 379 g/mol. The zero-order valence-corrected chi connectivity index (χ0v) is 14.0. The molecule has 0 unspecified atom stereocenters. The number of carbonyl (C=O) groups excluding carboxylic acids is 2. The standard InChI is InChI=1S/C16H11Cl2F2NO4/c17-9-5-6-11(18)12(7-9)21-14(22)8-24-15(23)10-3-1-2-4-13(10)25-16(19)20/h1-7,16H,8H2,(H,21,22). The van der Waals surface area contributed by atoms with Crippen LogP contribution in [0.1, 0.15) is 10.4 Å². The van der Waals surface area contributed by atoms with Crippen LogP contribution in [0, 0.1) is 0 Å². The molecule has 2 aromatic carbocycles. The second-order valence-electron chi connectivity index (χ2n) is 4.62. The highest BCUT2D eigenvalue weighted by atomic mass is 35.5. The van der Waals surface area contributed by atoms with Crippen molar-refractivity contribution in [1.29, 1.82) is 0 Å². The smallest absolute Gasteiger partial charge is 0.387 e. The van der Waals surface area contributed by atoms with Crippen LogP contribution >= 0.6 is 23.2 Å². The molecule has 1 amide bonds. The summed E-state index contributed by atoms with van der Waals surface area (Å²) in [6.45, 7) is -3.74. The van der Waals surface area contributed by atoms with Crippen LogP contribution in [-0.2, 0) is 9.53 Å². The van der Waals surface area contributed by atoms with E-state index in [4.69, 9.17) is 27.9 Å². The third-order valence-electron chi connectivity index (χ3n) is 2.86. The molecule has 1 N–H and O–H groups in total. The Labute approximate surface area is 151 Å². The Kier molecular flexibility index (Phi) is 6.55. The summed E-state index contributed by atoms with van der Waals surface area (Å²) in [7, 11) is 0. The number of alkyl halides is 2. The Morgan fingerprint density at radius 2 is 1.84 bits per heavy atom. The van der Waals surface area contributed by atoms with Crippen molar-refractivity contribution in [2.24, 2.45) is 0 Å². The molecule has 0 spiro atoms. The SMILES string of the molecule is O=C(COC(=O)c1ccccc1OC(F)F)Nc1cc(Cl)ccc1Cl. The van der Waals surface area contributed by atoms with Crippen molar-refractivity contribution in [2.75, 3.05) is 11.9 Å². The summed E-state index contributed by atoms with van der Waals surface area (Å²) >= 11 is 11.7. The minimum atomic E-state index is -3.10. The van der Waals surface area contributed by atoms with E-state index in [0.717, 1.165) is 0 Å². The Balaban J connectivity index is 1.98. The zero-order chi connectivity index (χ0) is 18.4. The first-order valence-electron chi connectivity index (χ1n) is 6.82. The minimum absolute atomic E-state index is 0.226. The van der Waals surface area contributed by atoms with E-state index in [1.165, 1.54) is 36.4 Å². The highest BCUT2D eigenvalue weighted by Crippen LogP contribution is 2.25. The summed E-state index contributed by atoms with van der Waals surface area (Å²) in [5.41, 5.74) is 0.0213. The third kappa shape index (κ3) is 5.58. The number of para-hydroxylation sites is 1. The van der Waals surface area contributed by atoms with Gasteiger partial charge in [0.25, 0.3) is 5.91 Å². The molecule has 0 saturated carbocycles. The predicted molar refractivity (Wildman–Crippen MR) is 88.4 cm³/mol. The van der Waals surface area contributed by atoms with Gasteiger partial charge in [-0.05, 0) is 30.3 Å². The van der Waals surface area contributed by atoms with Crippen LogP contribution in [0.25, 0.3) is 0 Å². The van der Waals surface area contributed by atoms with Gasteiger partial charge < -0.3 is 14.8 Å². The molecule has 9 heteroatoms. The van der Waals surface area contributed by atoms with Crippen molar-refractivity contribution >= 4 is 40.8 Å². The van der Waals surface area contributed by atoms with E-state index in [2.05, 4.69) is 10.1 Å². The molecule has 5 nitrogen and oxygen atoms in total. The fourth-order valence-corrected chi connectivity index (χ4v) is 2.16. The highest BCUT2D eigenvalue weighted by molar-refractivity contribution is 6.35. The normalized spacial score (nSPS) is 10.4. The van der Waals surface area contributed by atoms with Crippen LogP contribution in [0.15, 0.2) is 42.5 Å². The van der Waals surface area contributed by atoms with Crippen LogP contribution in [-0.4, -0.2) is 25.1 Å². The maximum absolute atomic E-state index is 12.3. The van der Waals surface area contributed by atoms with Crippen molar-refractivity contribution in [3.63, 3.8) is 0 Å². The number of carbonyl (C=O) groups is 2. The van der Waals surface area contributed by atoms with Crippen LogP contribution in [0.2, 0.25) is 10.0 Å². The highest BCUT2D eigenvalue weighted by Gasteiger charge is 2.18. The number of nitrogens with one attached hydrogen (secondary N) is 1. The molecule has 25 heavy (non-hydrogen) atoms. The first-order chi connectivity index (χ1) is 11.9. The van der Waals surface area contributed by atoms with Crippen molar-refractivity contribution in [2.45, 2.75) is 6.61 Å². The molecule has 0 aliphatic heterocycles. The summed E-state index contributed by atoms with van der Waals surface area (Å²) in [6.07, 6.45) is 0. The summed E-state index contributed by atoms with van der Waals surface area (Å²) in [4.78, 5) is 23.8. The monoisotopic (exact) mass is 389 g/mol. The summed E-state index contributed by atoms with van der Waals surface area (Å²) < 4.78 is 33.7. The van der Waals surface area contributed by atoms with Crippen molar-refractivity contribution in [3.05, 3.63) is 58.1 Å². The van der Waals surface area contributed by atoms with Gasteiger partial charge in [-0.25, -0.2) is 4.79 Å². The van der Waals surface area contributed by atoms with Gasteiger partial charge in [0.2, 0.25) is 0 Å². The van der Waals surface area contributed by atoms with Gasteiger partial charge in [0.1, 0.15) is 11.3 Å². The number of ether oxygens (including phenoxy) is 2. The molecule has 2 aromatic rings. The van der Waals surface area contributed by atoms with E-state index >= 15 is 0 Å². The second kappa shape index (κ2) is 8.64. The van der Waals surface area contributed by atoms with Crippen LogP contribution in [0.3, 0.4) is 0 Å². The Hall–Kier alpha value is -2.38. The van der Waals surface area contributed by atoms with Gasteiger partial charge in [0.15, 0.2) is 6.61 Å². The van der Waals surface area contributed by atoms with Crippen LogP contribution in [0.4, 0.5) is 14.5 Å². The van der Waals surface area contributed by atoms with Crippen molar-refractivity contribution in [3.8, 4) is 5.75 Å². The molecule has 0 aromatic heterocycles. The Morgan fingerprint density at radius 3 is 2.56 bits per heavy atom. The average molecular weight is 390 g/mol. The fourth-order valence-electron chi connectivity index (χ4n) is 1.82. The molecule has 0 aliphatic rings. The van der Waals surface area contributed by atoms with Crippen LogP contribution < -0.4 is 10.1 Å². The molecule has 0 fully saturated rings. The lowest BCUT2D eigenvalue weighted by molar-refractivity contribution is -0.119. The van der Waals surface area contributed by atoms with E-state index in [1.54, 1.807) is 6.07 Å². The number of anilines is 1. The first-order valence-corrected chi connectivity index (χ1v) is 7.58. The molecule has 0 atom stereocenters. The number of esters is 1. The predicted octanol–water partition coefficient (Wildman–Crippen LogP) is 4.39. The molecule has 0 heterocycles. The van der Waals surface area contributed by atoms with Gasteiger partial charge in [-0.1, -0.05) is 35.3 Å². The molecule has 2 rings (SSSR count). The number of hydrogen-bond donors (Lipinski definition) is 1. The van der Waals surface area contributed by atoms with Gasteiger partial charge in [-0.3, -0.25) is 4.79 Å². The number of rotatable bonds is 6. The zero-order valence-electron chi connectivity index (χ0n) is 12.5. The van der Waals surface area contributed by atoms with Gasteiger partial charge in [0, 0.05) is 5.02 Å². The molecule has 0 bridgehead atoms. The van der Waals surface area contributed by atoms with E-state index in [-0.39, 0.29) is 22.0 Å². The molecule has 0 saturated heterocycles. The third-order valence-corrected chi connectivity index (χ3v) is 3.42. The van der Waals surface area contributed by atoms with Crippen molar-refractivity contribution < 1.29 is 27.8 Å². The van der Waals surface area contributed by atoms with E-state index in [0.29, 0.717) is 5.02 Å². The second-order valence-corrected chi connectivity index (χ2v) is 5.47. The largest absolute Gasteiger partial charge is 0.452 e. The lowest BCUT2D eigenvalue weighted by atomic mass is 10.2. The number of amides is 1. The Morgan fingerprint density at radius 1 is 1.12 bits per heavy atom. The molecule has 0 radical (unpaired) electrons. The summed E-state index contributed by atoms with van der Waals surface area (Å²) in [6, 6.07) is 9.75. The number of benzene rings is 2. The summed E-state index contributed by atoms with van der Waals surface area (Å²) in [5, 5.41) is 3.03. The van der Waals surface area contributed by atoms with Gasteiger partial charge in [-0.15, -0.1) is 0 Å². The Bertz CT molecular complexity index is 786. The lowest BCUT2D eigenvalue weighted by Crippen LogP contribution is -2.21. The topological polar surface area (TPSA) is 64.6 Å². The first kappa shape index (κ1) is 19.0. The van der Waals surface area contributed by atoms with Crippen LogP contribution in [0.5, 0.6) is 5.75 Å². The van der Waals surface area contributed by atoms with E-state index in [9.17, 15) is 18.4 Å². The van der Waals surface area contributed by atoms with Crippen molar-refractivity contribution in [1.82, 2.24) is 0 Å². The van der Waals surface area contributed by atoms with Gasteiger partial charge in [-0.2, -0.15) is 8.78 Å². The van der Waals surface area contributed by atoms with Gasteiger partial charge in [0.05, 0.1) is 10.7 Å². The maximum atomic E-state index is 12.3. The molecule has 0 aliphatic carbocycles. The quantitative estimate of drug-likeness (QED) is 0.744. The lowest BCUT2D eigenvalue weighted by Gasteiger charge is -2.11. The molecular formula is C16H11Cl2F2NO4. The van der Waals surface area contributed by atoms with Gasteiger partial charge >= 0.3 is 12.6 Å². The number of hydrogen-bond acceptors (Lipinski definition) is 4. The molecule has 132 valence electrons. The minimum Gasteiger partial charge on any atom is -0.452 e.